The lowest BCUT2D eigenvalue weighted by molar-refractivity contribution is 0.00578. The van der Waals surface area contributed by atoms with Crippen molar-refractivity contribution < 1.29 is 74.4 Å². The number of rotatable bonds is 10. The first-order valence-electron chi connectivity index (χ1n) is 21.4. The van der Waals surface area contributed by atoms with Gasteiger partial charge in [-0.05, 0) is 118 Å². The fourth-order valence-corrected chi connectivity index (χ4v) is 7.41. The molecule has 2 N–H and O–H groups in total. The van der Waals surface area contributed by atoms with Gasteiger partial charge in [-0.15, -0.1) is 0 Å². The summed E-state index contributed by atoms with van der Waals surface area (Å²) in [5, 5.41) is 0.421. The smallest absolute Gasteiger partial charge is 0.465 e. The van der Waals surface area contributed by atoms with E-state index in [1.54, 1.807) is 18.2 Å². The van der Waals surface area contributed by atoms with E-state index < -0.39 is 90.3 Å². The van der Waals surface area contributed by atoms with Gasteiger partial charge in [0.1, 0.15) is 17.5 Å². The number of hydrogen-bond donors (Lipinski definition) is 1. The summed E-state index contributed by atoms with van der Waals surface area (Å²) in [6.07, 6.45) is 0. The van der Waals surface area contributed by atoms with Crippen molar-refractivity contribution in [2.45, 2.75) is 135 Å². The molecule has 0 amide bonds. The third kappa shape index (κ3) is 11.3. The highest BCUT2D eigenvalue weighted by Gasteiger charge is 2.55. The molecule has 0 spiro atoms. The van der Waals surface area contributed by atoms with Gasteiger partial charge in [-0.1, -0.05) is 34.1 Å². The monoisotopic (exact) mass is 1010 g/mol. The van der Waals surface area contributed by atoms with Crippen molar-refractivity contribution in [3.63, 3.8) is 0 Å². The molecule has 14 nitrogen and oxygen atoms in total. The molecule has 6 rings (SSSR count). The van der Waals surface area contributed by atoms with Crippen LogP contribution in [0.4, 0.5) is 13.2 Å². The summed E-state index contributed by atoms with van der Waals surface area (Å²) < 4.78 is 98.9. The number of carbonyl (C=O) groups excluding carboxylic acids is 3. The Morgan fingerprint density at radius 3 is 1.00 bits per heavy atom. The van der Waals surface area contributed by atoms with E-state index in [0.29, 0.717) is 22.0 Å². The minimum atomic E-state index is -0.923. The Morgan fingerprint density at radius 2 is 0.746 bits per heavy atom. The summed E-state index contributed by atoms with van der Waals surface area (Å²) >= 11 is 3.33. The molecule has 0 saturated carbocycles. The lowest BCUT2D eigenvalue weighted by Gasteiger charge is -2.32. The second kappa shape index (κ2) is 21.1. The van der Waals surface area contributed by atoms with Gasteiger partial charge in [0, 0.05) is 35.4 Å². The maximum Gasteiger partial charge on any atom is 0.498 e. The first-order chi connectivity index (χ1) is 30.9. The topological polar surface area (TPSA) is 170 Å². The van der Waals surface area contributed by atoms with Crippen LogP contribution in [0.25, 0.3) is 0 Å². The highest BCUT2D eigenvalue weighted by molar-refractivity contribution is 9.08. The van der Waals surface area contributed by atoms with Crippen molar-refractivity contribution in [1.82, 2.24) is 0 Å². The van der Waals surface area contributed by atoms with Gasteiger partial charge in [0.2, 0.25) is 0 Å². The van der Waals surface area contributed by atoms with E-state index in [1.807, 2.05) is 83.1 Å². The number of nitrogens with two attached hydrogens (primary N) is 1. The first kappa shape index (κ1) is 55.8. The maximum absolute atomic E-state index is 14.9. The fourth-order valence-electron chi connectivity index (χ4n) is 6.92. The molecule has 0 atom stereocenters. The average Bonchev–Trinajstić information content (AvgIpc) is 3.71. The zero-order valence-corrected chi connectivity index (χ0v) is 42.8. The molecule has 0 unspecified atom stereocenters. The number of benzene rings is 3. The average molecular weight is 1010 g/mol. The molecule has 3 aromatic carbocycles. The van der Waals surface area contributed by atoms with Crippen LogP contribution in [0.5, 0.6) is 0 Å². The van der Waals surface area contributed by atoms with Crippen LogP contribution in [0, 0.1) is 17.5 Å². The molecule has 3 fully saturated rings. The van der Waals surface area contributed by atoms with Gasteiger partial charge in [-0.3, -0.25) is 0 Å². The maximum atomic E-state index is 14.9. The van der Waals surface area contributed by atoms with Crippen LogP contribution in [0.3, 0.4) is 0 Å². The molecule has 366 valence electrons. The predicted molar refractivity (Wildman–Crippen MR) is 252 cm³/mol. The first-order valence-corrected chi connectivity index (χ1v) is 22.6. The van der Waals surface area contributed by atoms with Gasteiger partial charge < -0.3 is 52.6 Å². The lowest BCUT2D eigenvalue weighted by Crippen LogP contribution is -2.41. The van der Waals surface area contributed by atoms with Crippen LogP contribution in [0.1, 0.15) is 131 Å². The van der Waals surface area contributed by atoms with Gasteiger partial charge in [-0.25, -0.2) is 27.6 Å². The standard InChI is InChI=1S/C16H22BFO5.C15H19BBrFO4.C15H21BFNO4/c1-15(2)16(3,4)23-17(22-15)12-10(9-20-5)7-8-11(13(12)18)14(19)21-6;1-14(2)15(3,4)22-16(21-14)11-9(8-17)6-7-10(12(11)18)13(19)20-5;1-14(2)15(3,4)22-16(21-14)11-9(8-18)6-7-10(12(11)17)13(19)20-5/h7-8H,9H2,1-6H3;6-7H,8H2,1-5H3;6-7H,8,18H2,1-5H3. The van der Waals surface area contributed by atoms with Gasteiger partial charge in [0.15, 0.2) is 0 Å². The van der Waals surface area contributed by atoms with Crippen LogP contribution in [-0.2, 0) is 65.4 Å². The Bertz CT molecular complexity index is 2180. The van der Waals surface area contributed by atoms with E-state index in [1.165, 1.54) is 46.6 Å². The van der Waals surface area contributed by atoms with Crippen LogP contribution < -0.4 is 22.1 Å². The van der Waals surface area contributed by atoms with Crippen molar-refractivity contribution in [3.05, 3.63) is 87.2 Å². The Hall–Kier alpha value is -3.79. The quantitative estimate of drug-likeness (QED) is 0.105. The van der Waals surface area contributed by atoms with Crippen molar-refractivity contribution >= 4 is 71.6 Å². The van der Waals surface area contributed by atoms with Crippen molar-refractivity contribution in [1.29, 1.82) is 0 Å². The Morgan fingerprint density at radius 1 is 0.493 bits per heavy atom. The highest BCUT2D eigenvalue weighted by atomic mass is 79.9. The largest absolute Gasteiger partial charge is 0.498 e. The summed E-state index contributed by atoms with van der Waals surface area (Å²) in [6, 6.07) is 9.04. The second-order valence-electron chi connectivity index (χ2n) is 19.0. The molecule has 3 saturated heterocycles. The minimum absolute atomic E-state index is 0.109. The summed E-state index contributed by atoms with van der Waals surface area (Å²) in [6.45, 7) is 22.9. The molecule has 0 aliphatic carbocycles. The predicted octanol–water partition coefficient (Wildman–Crippen LogP) is 6.23. The van der Waals surface area contributed by atoms with Crippen molar-refractivity contribution in [2.24, 2.45) is 5.73 Å². The molecule has 3 heterocycles. The summed E-state index contributed by atoms with van der Waals surface area (Å²) in [4.78, 5) is 35.1. The number of alkyl halides is 1. The third-order valence-electron chi connectivity index (χ3n) is 13.2. The Balaban J connectivity index is 0.000000219. The summed E-state index contributed by atoms with van der Waals surface area (Å²) in [5.41, 5.74) is 3.94. The number of hydrogen-bond acceptors (Lipinski definition) is 14. The van der Waals surface area contributed by atoms with Crippen LogP contribution in [0.2, 0.25) is 0 Å². The number of methoxy groups -OCH3 is 4. The molecule has 0 aromatic heterocycles. The van der Waals surface area contributed by atoms with Gasteiger partial charge in [-0.2, -0.15) is 0 Å². The number of halogens is 4. The molecular weight excluding hydrogens is 944 g/mol. The molecule has 0 radical (unpaired) electrons. The van der Waals surface area contributed by atoms with E-state index in [0.717, 1.165) is 0 Å². The van der Waals surface area contributed by atoms with E-state index in [-0.39, 0.29) is 46.2 Å². The normalized spacial score (nSPS) is 19.2. The van der Waals surface area contributed by atoms with Crippen molar-refractivity contribution in [2.75, 3.05) is 28.4 Å². The SMILES string of the molecule is COC(=O)c1ccc(CBr)c(B2OC(C)(C)C(C)(C)O2)c1F.COC(=O)c1ccc(CN)c(B2OC(C)(C)C(C)(C)O2)c1F.COCc1ccc(C(=O)OC)c(F)c1B1OC(C)(C)C(C)(C)O1. The molecule has 3 aliphatic rings. The lowest BCUT2D eigenvalue weighted by atomic mass is 9.74. The van der Waals surface area contributed by atoms with Crippen LogP contribution >= 0.6 is 15.9 Å². The number of carbonyl (C=O) groups is 3. The Labute approximate surface area is 401 Å². The molecule has 3 aliphatic heterocycles. The number of esters is 3. The second-order valence-corrected chi connectivity index (χ2v) is 19.6. The molecule has 21 heteroatoms. The molecule has 3 aromatic rings. The van der Waals surface area contributed by atoms with E-state index in [9.17, 15) is 27.6 Å². The summed E-state index contributed by atoms with van der Waals surface area (Å²) in [7, 11) is 2.42. The highest BCUT2D eigenvalue weighted by Crippen LogP contribution is 2.39. The molecule has 67 heavy (non-hydrogen) atoms. The third-order valence-corrected chi connectivity index (χ3v) is 13.8. The van der Waals surface area contributed by atoms with Gasteiger partial charge in [0.05, 0.1) is 78.2 Å². The zero-order valence-electron chi connectivity index (χ0n) is 41.2. The van der Waals surface area contributed by atoms with E-state index >= 15 is 0 Å². The van der Waals surface area contributed by atoms with Gasteiger partial charge in [0.25, 0.3) is 0 Å². The van der Waals surface area contributed by atoms with Crippen LogP contribution in [-0.4, -0.2) is 101 Å². The molecule has 0 bridgehead atoms. The van der Waals surface area contributed by atoms with Gasteiger partial charge >= 0.3 is 39.3 Å². The molecular formula is C46H62B3BrF3NO13. The minimum Gasteiger partial charge on any atom is -0.465 e. The van der Waals surface area contributed by atoms with E-state index in [2.05, 4.69) is 30.1 Å². The zero-order chi connectivity index (χ0) is 50.8. The fraction of sp³-hybridized carbons (Fsp3) is 0.543. The van der Waals surface area contributed by atoms with Crippen LogP contribution in [0.15, 0.2) is 36.4 Å². The number of ether oxygens (including phenoxy) is 4. The van der Waals surface area contributed by atoms with E-state index in [4.69, 9.17) is 38.4 Å². The Kier molecular flexibility index (Phi) is 17.5. The van der Waals surface area contributed by atoms with Crippen molar-refractivity contribution in [3.8, 4) is 0 Å². The summed E-state index contributed by atoms with van der Waals surface area (Å²) in [5.74, 6) is -4.31.